The highest BCUT2D eigenvalue weighted by Crippen LogP contribution is 2.27. The lowest BCUT2D eigenvalue weighted by molar-refractivity contribution is 0.414. The lowest BCUT2D eigenvalue weighted by atomic mass is 10.0. The molecule has 2 aromatic carbocycles. The Hall–Kier alpha value is -2.03. The van der Waals surface area contributed by atoms with Crippen molar-refractivity contribution in [1.29, 1.82) is 0 Å². The maximum absolute atomic E-state index is 13.9. The van der Waals surface area contributed by atoms with Gasteiger partial charge in [-0.25, -0.2) is 4.39 Å². The SMILES string of the molecule is CCc1ccc(C(CC)Nc2cc(OC)ccc2F)cc1. The second-order valence-corrected chi connectivity index (χ2v) is 5.05. The molecule has 0 saturated carbocycles. The van der Waals surface area contributed by atoms with Crippen LogP contribution < -0.4 is 10.1 Å². The van der Waals surface area contributed by atoms with Crippen molar-refractivity contribution in [3.8, 4) is 5.75 Å². The van der Waals surface area contributed by atoms with Crippen LogP contribution in [0.15, 0.2) is 42.5 Å². The van der Waals surface area contributed by atoms with E-state index in [1.807, 2.05) is 0 Å². The molecule has 21 heavy (non-hydrogen) atoms. The molecule has 0 aliphatic carbocycles. The second-order valence-electron chi connectivity index (χ2n) is 5.05. The normalized spacial score (nSPS) is 12.0. The van der Waals surface area contributed by atoms with Crippen LogP contribution in [0.1, 0.15) is 37.4 Å². The van der Waals surface area contributed by atoms with Gasteiger partial charge in [-0.05, 0) is 36.1 Å². The van der Waals surface area contributed by atoms with E-state index in [1.54, 1.807) is 19.2 Å². The van der Waals surface area contributed by atoms with Gasteiger partial charge in [-0.3, -0.25) is 0 Å². The quantitative estimate of drug-likeness (QED) is 0.810. The summed E-state index contributed by atoms with van der Waals surface area (Å²) in [6.07, 6.45) is 1.90. The van der Waals surface area contributed by atoms with E-state index in [-0.39, 0.29) is 11.9 Å². The molecule has 0 radical (unpaired) electrons. The standard InChI is InChI=1S/C18H22FNO/c1-4-13-6-8-14(9-7-13)17(5-2)20-18-12-15(21-3)10-11-16(18)19/h6-12,17,20H,4-5H2,1-3H3. The van der Waals surface area contributed by atoms with Crippen molar-refractivity contribution >= 4 is 5.69 Å². The van der Waals surface area contributed by atoms with Gasteiger partial charge in [0, 0.05) is 6.07 Å². The highest BCUT2D eigenvalue weighted by molar-refractivity contribution is 5.51. The number of aryl methyl sites for hydroxylation is 1. The molecule has 0 aliphatic rings. The van der Waals surface area contributed by atoms with Gasteiger partial charge in [0.2, 0.25) is 0 Å². The lowest BCUT2D eigenvalue weighted by Gasteiger charge is -2.20. The Morgan fingerprint density at radius 1 is 1.10 bits per heavy atom. The minimum Gasteiger partial charge on any atom is -0.497 e. The van der Waals surface area contributed by atoms with Crippen LogP contribution in [0.5, 0.6) is 5.75 Å². The topological polar surface area (TPSA) is 21.3 Å². The van der Waals surface area contributed by atoms with Crippen molar-refractivity contribution in [1.82, 2.24) is 0 Å². The van der Waals surface area contributed by atoms with Crippen LogP contribution in [0, 0.1) is 5.82 Å². The average Bonchev–Trinajstić information content (AvgIpc) is 2.54. The fourth-order valence-corrected chi connectivity index (χ4v) is 2.34. The average molecular weight is 287 g/mol. The first-order valence-electron chi connectivity index (χ1n) is 7.36. The zero-order valence-corrected chi connectivity index (χ0v) is 12.8. The molecule has 112 valence electrons. The van der Waals surface area contributed by atoms with E-state index in [9.17, 15) is 4.39 Å². The summed E-state index contributed by atoms with van der Waals surface area (Å²) in [5.41, 5.74) is 2.94. The highest BCUT2D eigenvalue weighted by atomic mass is 19.1. The molecule has 0 aromatic heterocycles. The fourth-order valence-electron chi connectivity index (χ4n) is 2.34. The smallest absolute Gasteiger partial charge is 0.146 e. The predicted molar refractivity (Wildman–Crippen MR) is 85.4 cm³/mol. The zero-order chi connectivity index (χ0) is 15.2. The van der Waals surface area contributed by atoms with Crippen LogP contribution in [-0.4, -0.2) is 7.11 Å². The minimum atomic E-state index is -0.264. The first-order chi connectivity index (χ1) is 10.2. The molecule has 0 amide bonds. The summed E-state index contributed by atoms with van der Waals surface area (Å²) >= 11 is 0. The molecule has 0 spiro atoms. The maximum Gasteiger partial charge on any atom is 0.146 e. The Bertz CT molecular complexity index is 580. The van der Waals surface area contributed by atoms with E-state index in [1.165, 1.54) is 11.6 Å². The van der Waals surface area contributed by atoms with Gasteiger partial charge in [-0.15, -0.1) is 0 Å². The number of nitrogens with one attached hydrogen (secondary N) is 1. The van der Waals surface area contributed by atoms with E-state index in [0.29, 0.717) is 11.4 Å². The van der Waals surface area contributed by atoms with E-state index in [4.69, 9.17) is 4.74 Å². The summed E-state index contributed by atoms with van der Waals surface area (Å²) in [6.45, 7) is 4.22. The van der Waals surface area contributed by atoms with Gasteiger partial charge in [0.15, 0.2) is 0 Å². The predicted octanol–water partition coefficient (Wildman–Crippen LogP) is 4.96. The van der Waals surface area contributed by atoms with Gasteiger partial charge < -0.3 is 10.1 Å². The monoisotopic (exact) mass is 287 g/mol. The summed E-state index contributed by atoms with van der Waals surface area (Å²) in [5, 5.41) is 3.27. The van der Waals surface area contributed by atoms with Gasteiger partial charge in [-0.1, -0.05) is 38.1 Å². The summed E-state index contributed by atoms with van der Waals surface area (Å²) in [5.74, 6) is 0.384. The molecule has 3 heteroatoms. The summed E-state index contributed by atoms with van der Waals surface area (Å²) < 4.78 is 19.1. The molecule has 1 N–H and O–H groups in total. The van der Waals surface area contributed by atoms with Crippen LogP contribution in [0.3, 0.4) is 0 Å². The third-order valence-electron chi connectivity index (χ3n) is 3.70. The maximum atomic E-state index is 13.9. The molecule has 2 rings (SSSR count). The molecular formula is C18H22FNO. The van der Waals surface area contributed by atoms with Crippen LogP contribution >= 0.6 is 0 Å². The Balaban J connectivity index is 2.21. The second kappa shape index (κ2) is 7.11. The molecule has 0 aliphatic heterocycles. The molecule has 0 fully saturated rings. The van der Waals surface area contributed by atoms with Crippen LogP contribution in [0.4, 0.5) is 10.1 Å². The molecule has 2 aromatic rings. The summed E-state index contributed by atoms with van der Waals surface area (Å²) in [4.78, 5) is 0. The Kier molecular flexibility index (Phi) is 5.20. The Morgan fingerprint density at radius 2 is 1.81 bits per heavy atom. The summed E-state index contributed by atoms with van der Waals surface area (Å²) in [7, 11) is 1.58. The van der Waals surface area contributed by atoms with Gasteiger partial charge in [0.05, 0.1) is 18.8 Å². The van der Waals surface area contributed by atoms with Gasteiger partial charge in [-0.2, -0.15) is 0 Å². The number of rotatable bonds is 6. The third kappa shape index (κ3) is 3.75. The van der Waals surface area contributed by atoms with Crippen molar-refractivity contribution in [3.05, 3.63) is 59.4 Å². The number of benzene rings is 2. The number of hydrogen-bond acceptors (Lipinski definition) is 2. The van der Waals surface area contributed by atoms with Crippen LogP contribution in [-0.2, 0) is 6.42 Å². The Morgan fingerprint density at radius 3 is 2.38 bits per heavy atom. The first-order valence-corrected chi connectivity index (χ1v) is 7.36. The van der Waals surface area contributed by atoms with E-state index >= 15 is 0 Å². The molecule has 1 unspecified atom stereocenters. The number of halogens is 1. The minimum absolute atomic E-state index is 0.0810. The van der Waals surface area contributed by atoms with E-state index in [2.05, 4.69) is 43.4 Å². The summed E-state index contributed by atoms with van der Waals surface area (Å²) in [6, 6.07) is 13.3. The van der Waals surface area contributed by atoms with E-state index in [0.717, 1.165) is 18.4 Å². The largest absolute Gasteiger partial charge is 0.497 e. The first kappa shape index (κ1) is 15.4. The van der Waals surface area contributed by atoms with Gasteiger partial charge in [0.1, 0.15) is 11.6 Å². The number of anilines is 1. The number of ether oxygens (including phenoxy) is 1. The molecule has 0 saturated heterocycles. The fraction of sp³-hybridized carbons (Fsp3) is 0.333. The van der Waals surface area contributed by atoms with Crippen molar-refractivity contribution in [3.63, 3.8) is 0 Å². The van der Waals surface area contributed by atoms with E-state index < -0.39 is 0 Å². The number of methoxy groups -OCH3 is 1. The highest BCUT2D eigenvalue weighted by Gasteiger charge is 2.12. The number of hydrogen-bond donors (Lipinski definition) is 1. The van der Waals surface area contributed by atoms with Gasteiger partial charge >= 0.3 is 0 Å². The molecule has 0 heterocycles. The molecule has 0 bridgehead atoms. The van der Waals surface area contributed by atoms with Crippen LogP contribution in [0.25, 0.3) is 0 Å². The Labute approximate surface area is 126 Å². The van der Waals surface area contributed by atoms with Crippen molar-refractivity contribution < 1.29 is 9.13 Å². The molecule has 1 atom stereocenters. The molecule has 2 nitrogen and oxygen atoms in total. The van der Waals surface area contributed by atoms with Crippen molar-refractivity contribution in [2.75, 3.05) is 12.4 Å². The van der Waals surface area contributed by atoms with Gasteiger partial charge in [0.25, 0.3) is 0 Å². The van der Waals surface area contributed by atoms with Crippen molar-refractivity contribution in [2.45, 2.75) is 32.7 Å². The lowest BCUT2D eigenvalue weighted by Crippen LogP contribution is -2.11. The zero-order valence-electron chi connectivity index (χ0n) is 12.8. The van der Waals surface area contributed by atoms with Crippen LogP contribution in [0.2, 0.25) is 0 Å². The third-order valence-corrected chi connectivity index (χ3v) is 3.70. The van der Waals surface area contributed by atoms with Crippen molar-refractivity contribution in [2.24, 2.45) is 0 Å². The molecular weight excluding hydrogens is 265 g/mol.